The molecular weight excluding hydrogens is 224 g/mol. The predicted molar refractivity (Wildman–Crippen MR) is 61.8 cm³/mol. The monoisotopic (exact) mass is 236 g/mol. The molecule has 0 spiro atoms. The molecule has 0 radical (unpaired) electrons. The summed E-state index contributed by atoms with van der Waals surface area (Å²) in [5, 5.41) is 12.0. The lowest BCUT2D eigenvalue weighted by Gasteiger charge is -2.16. The number of amides is 1. The number of hydrogen-bond donors (Lipinski definition) is 3. The number of benzene rings is 1. The van der Waals surface area contributed by atoms with Crippen LogP contribution in [0.2, 0.25) is 0 Å². The highest BCUT2D eigenvalue weighted by molar-refractivity contribution is 5.97. The summed E-state index contributed by atoms with van der Waals surface area (Å²) >= 11 is 0. The van der Waals surface area contributed by atoms with Crippen molar-refractivity contribution in [3.63, 3.8) is 0 Å². The number of rotatable bonds is 2. The Morgan fingerprint density at radius 3 is 2.82 bits per heavy atom. The highest BCUT2D eigenvalue weighted by Gasteiger charge is 2.23. The summed E-state index contributed by atoms with van der Waals surface area (Å²) in [5.41, 5.74) is -0.110. The van der Waals surface area contributed by atoms with Crippen LogP contribution in [0.1, 0.15) is 13.8 Å². The van der Waals surface area contributed by atoms with Crippen LogP contribution in [0.4, 0.5) is 5.69 Å². The van der Waals surface area contributed by atoms with Crippen LogP contribution in [0.25, 0.3) is 11.1 Å². The summed E-state index contributed by atoms with van der Waals surface area (Å²) in [6, 6.07) is 4.73. The van der Waals surface area contributed by atoms with E-state index in [1.165, 1.54) is 19.9 Å². The average molecular weight is 236 g/mol. The number of anilines is 1. The SMILES string of the molecule is CC(C)(O)C(=O)Nc1ccc2[nH]c(=O)oc2c1. The van der Waals surface area contributed by atoms with Crippen molar-refractivity contribution in [1.29, 1.82) is 0 Å². The van der Waals surface area contributed by atoms with E-state index in [9.17, 15) is 14.7 Å². The lowest BCUT2D eigenvalue weighted by molar-refractivity contribution is -0.130. The highest BCUT2D eigenvalue weighted by atomic mass is 16.4. The lowest BCUT2D eigenvalue weighted by atomic mass is 10.1. The Balaban J connectivity index is 2.31. The van der Waals surface area contributed by atoms with Crippen LogP contribution in [0.15, 0.2) is 27.4 Å². The van der Waals surface area contributed by atoms with Gasteiger partial charge in [-0.2, -0.15) is 0 Å². The molecule has 0 aliphatic carbocycles. The first kappa shape index (κ1) is 11.4. The number of aromatic nitrogens is 1. The molecule has 2 rings (SSSR count). The van der Waals surface area contributed by atoms with Gasteiger partial charge in [-0.15, -0.1) is 0 Å². The molecule has 0 fully saturated rings. The summed E-state index contributed by atoms with van der Waals surface area (Å²) in [5.74, 6) is -1.08. The number of oxazole rings is 1. The fourth-order valence-corrected chi connectivity index (χ4v) is 1.31. The molecule has 6 nitrogen and oxygen atoms in total. The quantitative estimate of drug-likeness (QED) is 0.719. The van der Waals surface area contributed by atoms with Gasteiger partial charge in [0.1, 0.15) is 5.60 Å². The standard InChI is InChI=1S/C11H12N2O4/c1-11(2,16)9(14)12-6-3-4-7-8(5-6)17-10(15)13-7/h3-5,16H,1-2H3,(H,12,14)(H,13,15). The zero-order valence-electron chi connectivity index (χ0n) is 9.40. The molecule has 0 aliphatic heterocycles. The Hall–Kier alpha value is -2.08. The van der Waals surface area contributed by atoms with Gasteiger partial charge in [0.05, 0.1) is 5.52 Å². The number of aliphatic hydroxyl groups is 1. The average Bonchev–Trinajstić information content (AvgIpc) is 2.55. The minimum Gasteiger partial charge on any atom is -0.408 e. The third-order valence-corrected chi connectivity index (χ3v) is 2.23. The molecule has 1 heterocycles. The number of hydrogen-bond acceptors (Lipinski definition) is 4. The van der Waals surface area contributed by atoms with Crippen LogP contribution in [0.3, 0.4) is 0 Å². The third kappa shape index (κ3) is 2.36. The Morgan fingerprint density at radius 2 is 2.18 bits per heavy atom. The molecule has 1 amide bonds. The molecule has 17 heavy (non-hydrogen) atoms. The zero-order chi connectivity index (χ0) is 12.6. The highest BCUT2D eigenvalue weighted by Crippen LogP contribution is 2.17. The van der Waals surface area contributed by atoms with Crippen molar-refractivity contribution >= 4 is 22.7 Å². The van der Waals surface area contributed by atoms with Crippen molar-refractivity contribution < 1.29 is 14.3 Å². The molecule has 90 valence electrons. The van der Waals surface area contributed by atoms with Crippen molar-refractivity contribution in [3.8, 4) is 0 Å². The van der Waals surface area contributed by atoms with Gasteiger partial charge >= 0.3 is 5.76 Å². The van der Waals surface area contributed by atoms with Crippen molar-refractivity contribution in [2.45, 2.75) is 19.4 Å². The minimum atomic E-state index is -1.46. The van der Waals surface area contributed by atoms with Crippen molar-refractivity contribution in [3.05, 3.63) is 28.7 Å². The van der Waals surface area contributed by atoms with E-state index in [0.717, 1.165) is 0 Å². The van der Waals surface area contributed by atoms with Crippen LogP contribution in [-0.2, 0) is 4.79 Å². The summed E-state index contributed by atoms with van der Waals surface area (Å²) in [7, 11) is 0. The van der Waals surface area contributed by atoms with Crippen LogP contribution < -0.4 is 11.1 Å². The van der Waals surface area contributed by atoms with E-state index in [1.807, 2.05) is 0 Å². The molecule has 1 aromatic heterocycles. The van der Waals surface area contributed by atoms with Crippen molar-refractivity contribution in [2.75, 3.05) is 5.32 Å². The first-order valence-corrected chi connectivity index (χ1v) is 5.03. The number of nitrogens with one attached hydrogen (secondary N) is 2. The summed E-state index contributed by atoms with van der Waals surface area (Å²) in [6.45, 7) is 2.77. The lowest BCUT2D eigenvalue weighted by Crippen LogP contribution is -2.36. The first-order valence-electron chi connectivity index (χ1n) is 5.03. The molecule has 3 N–H and O–H groups in total. The summed E-state index contributed by atoms with van der Waals surface area (Å²) < 4.78 is 4.85. The molecule has 0 unspecified atom stereocenters. The van der Waals surface area contributed by atoms with Crippen molar-refractivity contribution in [1.82, 2.24) is 4.98 Å². The van der Waals surface area contributed by atoms with Crippen LogP contribution in [-0.4, -0.2) is 21.6 Å². The summed E-state index contributed by atoms with van der Waals surface area (Å²) in [6.07, 6.45) is 0. The molecule has 6 heteroatoms. The van der Waals surface area contributed by atoms with E-state index < -0.39 is 17.3 Å². The van der Waals surface area contributed by atoms with Crippen molar-refractivity contribution in [2.24, 2.45) is 0 Å². The van der Waals surface area contributed by atoms with Crippen LogP contribution in [0, 0.1) is 0 Å². The van der Waals surface area contributed by atoms with E-state index in [2.05, 4.69) is 10.3 Å². The second-order valence-corrected chi connectivity index (χ2v) is 4.24. The van der Waals surface area contributed by atoms with Gasteiger partial charge in [0.2, 0.25) is 0 Å². The fraction of sp³-hybridized carbons (Fsp3) is 0.273. The van der Waals surface area contributed by atoms with Gasteiger partial charge in [0, 0.05) is 11.8 Å². The largest absolute Gasteiger partial charge is 0.417 e. The normalized spacial score (nSPS) is 11.7. The molecule has 0 saturated carbocycles. The van der Waals surface area contributed by atoms with E-state index in [-0.39, 0.29) is 0 Å². The van der Waals surface area contributed by atoms with Crippen LogP contribution >= 0.6 is 0 Å². The van der Waals surface area contributed by atoms with Gasteiger partial charge in [0.15, 0.2) is 5.58 Å². The first-order chi connectivity index (χ1) is 7.86. The summed E-state index contributed by atoms with van der Waals surface area (Å²) in [4.78, 5) is 24.9. The number of carbonyl (C=O) groups is 1. The van der Waals surface area contributed by atoms with Gasteiger partial charge in [-0.25, -0.2) is 4.79 Å². The molecule has 2 aromatic rings. The smallest absolute Gasteiger partial charge is 0.408 e. The van der Waals surface area contributed by atoms with Gasteiger partial charge < -0.3 is 14.8 Å². The van der Waals surface area contributed by atoms with E-state index in [4.69, 9.17) is 4.42 Å². The maximum Gasteiger partial charge on any atom is 0.417 e. The van der Waals surface area contributed by atoms with E-state index >= 15 is 0 Å². The fourth-order valence-electron chi connectivity index (χ4n) is 1.31. The Bertz CT molecular complexity index is 618. The Morgan fingerprint density at radius 1 is 1.47 bits per heavy atom. The number of carbonyl (C=O) groups excluding carboxylic acids is 1. The second-order valence-electron chi connectivity index (χ2n) is 4.24. The molecular formula is C11H12N2O4. The van der Waals surface area contributed by atoms with E-state index in [0.29, 0.717) is 16.8 Å². The zero-order valence-corrected chi connectivity index (χ0v) is 9.40. The maximum atomic E-state index is 11.5. The number of H-pyrrole nitrogens is 1. The molecule has 0 saturated heterocycles. The number of aromatic amines is 1. The second kappa shape index (κ2) is 3.74. The topological polar surface area (TPSA) is 95.3 Å². The predicted octanol–water partition coefficient (Wildman–Crippen LogP) is 0.831. The molecule has 1 aromatic carbocycles. The van der Waals surface area contributed by atoms with Crippen LogP contribution in [0.5, 0.6) is 0 Å². The molecule has 0 atom stereocenters. The molecule has 0 aliphatic rings. The van der Waals surface area contributed by atoms with Gasteiger partial charge in [-0.1, -0.05) is 0 Å². The Labute approximate surface area is 96.3 Å². The van der Waals surface area contributed by atoms with Gasteiger partial charge in [0.25, 0.3) is 5.91 Å². The maximum absolute atomic E-state index is 11.5. The molecule has 0 bridgehead atoms. The third-order valence-electron chi connectivity index (χ3n) is 2.23. The van der Waals surface area contributed by atoms with Gasteiger partial charge in [-0.05, 0) is 26.0 Å². The Kier molecular flexibility index (Phi) is 2.51. The van der Waals surface area contributed by atoms with E-state index in [1.54, 1.807) is 12.1 Å². The number of fused-ring (bicyclic) bond motifs is 1. The van der Waals surface area contributed by atoms with Gasteiger partial charge in [-0.3, -0.25) is 9.78 Å². The minimum absolute atomic E-state index is 0.351.